The minimum atomic E-state index is -3.95. The van der Waals surface area contributed by atoms with Crippen LogP contribution in [0, 0.1) is 12.8 Å². The van der Waals surface area contributed by atoms with Gasteiger partial charge in [0.25, 0.3) is 10.0 Å². The molecule has 28 heavy (non-hydrogen) atoms. The van der Waals surface area contributed by atoms with Crippen molar-refractivity contribution in [2.45, 2.75) is 24.3 Å². The number of halogens is 2. The van der Waals surface area contributed by atoms with Crippen LogP contribution in [0.5, 0.6) is 0 Å². The third kappa shape index (κ3) is 2.99. The van der Waals surface area contributed by atoms with Gasteiger partial charge >= 0.3 is 0 Å². The lowest BCUT2D eigenvalue weighted by Crippen LogP contribution is -2.32. The summed E-state index contributed by atoms with van der Waals surface area (Å²) < 4.78 is 42.0. The molecule has 2 atom stereocenters. The van der Waals surface area contributed by atoms with E-state index < -0.39 is 21.5 Å². The molecule has 1 fully saturated rings. The molecule has 0 amide bonds. The maximum absolute atomic E-state index is 14.5. The molecule has 1 aliphatic heterocycles. The molecule has 2 unspecified atom stereocenters. The van der Waals surface area contributed by atoms with Gasteiger partial charge in [0, 0.05) is 19.0 Å². The lowest BCUT2D eigenvalue weighted by Gasteiger charge is -2.18. The zero-order chi connectivity index (χ0) is 20.3. The normalized spacial score (nSPS) is 22.9. The average molecular weight is 418 g/mol. The highest BCUT2D eigenvalue weighted by molar-refractivity contribution is 7.90. The molecule has 0 bridgehead atoms. The van der Waals surface area contributed by atoms with E-state index in [0.717, 1.165) is 9.65 Å². The summed E-state index contributed by atoms with van der Waals surface area (Å²) in [4.78, 5) is 1.77. The molecule has 0 saturated carbocycles. The minimum absolute atomic E-state index is 0.0872. The van der Waals surface area contributed by atoms with Gasteiger partial charge in [0.05, 0.1) is 26.4 Å². The van der Waals surface area contributed by atoms with E-state index in [-0.39, 0.29) is 11.4 Å². The number of rotatable bonds is 3. The number of nitrogens with zero attached hydrogens (tertiary/aromatic N) is 3. The third-order valence-electron chi connectivity index (χ3n) is 5.20. The average Bonchev–Trinajstić information content (AvgIpc) is 3.14. The zero-order valence-electron chi connectivity index (χ0n) is 15.4. The Morgan fingerprint density at radius 1 is 1.25 bits per heavy atom. The molecule has 0 spiro atoms. The SMILES string of the molecule is [B]C1(F)CN(c2nn(S(=O)(=O)c3ccc(C)cc3)c3cccc(Cl)c23)CC1C. The fraction of sp³-hybridized carbons (Fsp3) is 0.316. The zero-order valence-corrected chi connectivity index (χ0v) is 17.0. The number of hydrogen-bond donors (Lipinski definition) is 0. The third-order valence-corrected chi connectivity index (χ3v) is 7.12. The predicted octanol–water partition coefficient (Wildman–Crippen LogP) is 3.53. The number of benzene rings is 2. The molecule has 1 aliphatic rings. The minimum Gasteiger partial charge on any atom is -0.352 e. The summed E-state index contributed by atoms with van der Waals surface area (Å²) in [5.41, 5.74) is -0.599. The highest BCUT2D eigenvalue weighted by Crippen LogP contribution is 2.38. The van der Waals surface area contributed by atoms with Gasteiger partial charge in [-0.15, -0.1) is 5.10 Å². The predicted molar refractivity (Wildman–Crippen MR) is 109 cm³/mol. The molecule has 0 N–H and O–H groups in total. The Bertz CT molecular complexity index is 1160. The highest BCUT2D eigenvalue weighted by atomic mass is 35.5. The Morgan fingerprint density at radius 2 is 1.93 bits per heavy atom. The number of fused-ring (bicyclic) bond motifs is 1. The second kappa shape index (κ2) is 6.49. The van der Waals surface area contributed by atoms with Gasteiger partial charge < -0.3 is 4.90 Å². The van der Waals surface area contributed by atoms with Gasteiger partial charge in [-0.25, -0.2) is 0 Å². The first-order valence-electron chi connectivity index (χ1n) is 8.83. The second-order valence-electron chi connectivity index (χ2n) is 7.33. The molecule has 1 saturated heterocycles. The smallest absolute Gasteiger partial charge is 0.283 e. The van der Waals surface area contributed by atoms with Crippen molar-refractivity contribution in [2.24, 2.45) is 5.92 Å². The fourth-order valence-corrected chi connectivity index (χ4v) is 4.98. The molecule has 9 heteroatoms. The van der Waals surface area contributed by atoms with E-state index in [1.54, 1.807) is 42.2 Å². The number of alkyl halides is 1. The summed E-state index contributed by atoms with van der Waals surface area (Å²) in [5.74, 6) is -0.114. The number of aromatic nitrogens is 2. The van der Waals surface area contributed by atoms with Crippen LogP contribution in [0.3, 0.4) is 0 Å². The van der Waals surface area contributed by atoms with Gasteiger partial charge in [-0.05, 0) is 31.2 Å². The van der Waals surface area contributed by atoms with Crippen LogP contribution in [0.15, 0.2) is 47.4 Å². The van der Waals surface area contributed by atoms with Crippen LogP contribution >= 0.6 is 11.6 Å². The summed E-state index contributed by atoms with van der Waals surface area (Å²) in [5, 5.41) is 5.16. The maximum atomic E-state index is 14.5. The molecule has 5 nitrogen and oxygen atoms in total. The Morgan fingerprint density at radius 3 is 2.54 bits per heavy atom. The van der Waals surface area contributed by atoms with Gasteiger partial charge in [0.2, 0.25) is 0 Å². The summed E-state index contributed by atoms with van der Waals surface area (Å²) in [6, 6.07) is 11.5. The summed E-state index contributed by atoms with van der Waals surface area (Å²) in [7, 11) is 1.78. The first kappa shape index (κ1) is 19.3. The van der Waals surface area contributed by atoms with Crippen LogP contribution in [0.1, 0.15) is 12.5 Å². The maximum Gasteiger partial charge on any atom is 0.283 e. The van der Waals surface area contributed by atoms with Crippen molar-refractivity contribution in [3.63, 3.8) is 0 Å². The Kier molecular flexibility index (Phi) is 4.47. The number of anilines is 1. The summed E-state index contributed by atoms with van der Waals surface area (Å²) in [6.45, 7) is 3.82. The topological polar surface area (TPSA) is 55.2 Å². The van der Waals surface area contributed by atoms with Crippen molar-refractivity contribution in [3.05, 3.63) is 53.1 Å². The van der Waals surface area contributed by atoms with E-state index in [1.807, 2.05) is 6.92 Å². The van der Waals surface area contributed by atoms with Crippen LogP contribution < -0.4 is 4.90 Å². The van der Waals surface area contributed by atoms with Crippen molar-refractivity contribution >= 4 is 46.2 Å². The van der Waals surface area contributed by atoms with E-state index in [2.05, 4.69) is 5.10 Å². The molecule has 4 rings (SSSR count). The first-order chi connectivity index (χ1) is 13.1. The standard InChI is InChI=1S/C19H18BClFN3O2S/c1-12-6-8-14(9-7-12)28(26,27)25-16-5-3-4-15(21)17(16)18(23-25)24-10-13(2)19(20,22)11-24/h3-9,13H,10-11H2,1-2H3. The van der Waals surface area contributed by atoms with Crippen LogP contribution in [-0.4, -0.2) is 44.1 Å². The Labute approximate surface area is 169 Å². The summed E-state index contributed by atoms with van der Waals surface area (Å²) in [6.07, 6.45) is 0. The van der Waals surface area contributed by atoms with Gasteiger partial charge in [-0.1, -0.05) is 42.3 Å². The van der Waals surface area contributed by atoms with E-state index in [9.17, 15) is 12.8 Å². The summed E-state index contributed by atoms with van der Waals surface area (Å²) >= 11 is 6.38. The largest absolute Gasteiger partial charge is 0.352 e. The highest BCUT2D eigenvalue weighted by Gasteiger charge is 2.42. The molecule has 2 heterocycles. The van der Waals surface area contributed by atoms with Gasteiger partial charge in [0.15, 0.2) is 5.82 Å². The van der Waals surface area contributed by atoms with Crippen LogP contribution in [0.2, 0.25) is 5.02 Å². The number of aryl methyl sites for hydroxylation is 1. The molecule has 2 radical (unpaired) electrons. The number of hydrogen-bond acceptors (Lipinski definition) is 4. The van der Waals surface area contributed by atoms with E-state index in [1.165, 1.54) is 12.1 Å². The molecule has 2 aromatic carbocycles. The van der Waals surface area contributed by atoms with Crippen molar-refractivity contribution in [2.75, 3.05) is 18.0 Å². The van der Waals surface area contributed by atoms with Crippen LogP contribution in [0.25, 0.3) is 10.9 Å². The monoisotopic (exact) mass is 417 g/mol. The molecule has 144 valence electrons. The van der Waals surface area contributed by atoms with E-state index in [4.69, 9.17) is 19.4 Å². The van der Waals surface area contributed by atoms with Gasteiger partial charge in [-0.2, -0.15) is 12.5 Å². The first-order valence-corrected chi connectivity index (χ1v) is 10.7. The fourth-order valence-electron chi connectivity index (χ4n) is 3.45. The van der Waals surface area contributed by atoms with E-state index >= 15 is 0 Å². The lowest BCUT2D eigenvalue weighted by molar-refractivity contribution is 0.245. The van der Waals surface area contributed by atoms with Gasteiger partial charge in [0.1, 0.15) is 7.85 Å². The van der Waals surface area contributed by atoms with E-state index in [0.29, 0.717) is 28.3 Å². The van der Waals surface area contributed by atoms with Crippen molar-refractivity contribution < 1.29 is 12.8 Å². The molecular weight excluding hydrogens is 400 g/mol. The van der Waals surface area contributed by atoms with Gasteiger partial charge in [-0.3, -0.25) is 4.39 Å². The van der Waals surface area contributed by atoms with Crippen LogP contribution in [0.4, 0.5) is 10.2 Å². The quantitative estimate of drug-likeness (QED) is 0.612. The van der Waals surface area contributed by atoms with Crippen molar-refractivity contribution in [1.29, 1.82) is 0 Å². The Hall–Kier alpha value is -2.06. The molecular formula is C19H18BClFN3O2S. The Balaban J connectivity index is 1.92. The molecule has 3 aromatic rings. The van der Waals surface area contributed by atoms with Crippen LogP contribution in [-0.2, 0) is 10.0 Å². The van der Waals surface area contributed by atoms with Crippen molar-refractivity contribution in [1.82, 2.24) is 9.19 Å². The van der Waals surface area contributed by atoms with Crippen molar-refractivity contribution in [3.8, 4) is 0 Å². The molecule has 1 aromatic heterocycles. The second-order valence-corrected chi connectivity index (χ2v) is 9.50. The molecule has 0 aliphatic carbocycles. The lowest BCUT2D eigenvalue weighted by atomic mass is 9.76.